The molecule has 6 nitrogen and oxygen atoms in total. The molecule has 4 rings (SSSR count). The van der Waals surface area contributed by atoms with Gasteiger partial charge in [-0.1, -0.05) is 12.1 Å². The number of amides is 1. The fourth-order valence-corrected chi connectivity index (χ4v) is 3.45. The molecule has 1 saturated carbocycles. The molecule has 1 aromatic carbocycles. The predicted molar refractivity (Wildman–Crippen MR) is 99.9 cm³/mol. The number of anilines is 1. The number of carbonyl (C=O) groups is 1. The largest absolute Gasteiger partial charge is 0.495 e. The number of nitrogens with zero attached hydrogens (tertiary/aromatic N) is 4. The summed E-state index contributed by atoms with van der Waals surface area (Å²) in [4.78, 5) is 26.0. The molecule has 0 spiro atoms. The average molecular weight is 352 g/mol. The molecule has 2 aromatic rings. The standard InChI is InChI=1S/C20H24N4O2/c1-14-16(13-21-19(22-14)15-7-8-15)20(25)24-11-9-23(10-12-24)17-5-3-4-6-18(17)26-2/h3-6,13,15H,7-12H2,1-2H3. The molecule has 1 aliphatic carbocycles. The highest BCUT2D eigenvalue weighted by atomic mass is 16.5. The summed E-state index contributed by atoms with van der Waals surface area (Å²) in [6.07, 6.45) is 4.04. The maximum atomic E-state index is 12.9. The van der Waals surface area contributed by atoms with Crippen molar-refractivity contribution >= 4 is 11.6 Å². The van der Waals surface area contributed by atoms with E-state index in [1.54, 1.807) is 13.3 Å². The maximum Gasteiger partial charge on any atom is 0.257 e. The number of piperazine rings is 1. The third-order valence-corrected chi connectivity index (χ3v) is 5.16. The number of ether oxygens (including phenoxy) is 1. The number of hydrogen-bond donors (Lipinski definition) is 0. The van der Waals surface area contributed by atoms with Crippen LogP contribution in [-0.2, 0) is 0 Å². The SMILES string of the molecule is COc1ccccc1N1CCN(C(=O)c2cnc(C3CC3)nc2C)CC1. The van der Waals surface area contributed by atoms with Gasteiger partial charge in [0.2, 0.25) is 0 Å². The number of hydrogen-bond acceptors (Lipinski definition) is 5. The molecule has 0 bridgehead atoms. The number of rotatable bonds is 4. The lowest BCUT2D eigenvalue weighted by Gasteiger charge is -2.36. The van der Waals surface area contributed by atoms with Gasteiger partial charge in [0.05, 0.1) is 24.1 Å². The van der Waals surface area contributed by atoms with Crippen LogP contribution in [-0.4, -0.2) is 54.1 Å². The molecule has 2 fully saturated rings. The first-order valence-corrected chi connectivity index (χ1v) is 9.18. The van der Waals surface area contributed by atoms with Gasteiger partial charge >= 0.3 is 0 Å². The van der Waals surface area contributed by atoms with Gasteiger partial charge in [-0.25, -0.2) is 9.97 Å². The van der Waals surface area contributed by atoms with Crippen molar-refractivity contribution in [1.29, 1.82) is 0 Å². The van der Waals surface area contributed by atoms with Crippen molar-refractivity contribution in [3.63, 3.8) is 0 Å². The highest BCUT2D eigenvalue weighted by Gasteiger charge is 2.29. The minimum Gasteiger partial charge on any atom is -0.495 e. The molecule has 0 unspecified atom stereocenters. The van der Waals surface area contributed by atoms with Crippen LogP contribution >= 0.6 is 0 Å². The van der Waals surface area contributed by atoms with Crippen LogP contribution in [0.15, 0.2) is 30.5 Å². The number of carbonyl (C=O) groups excluding carboxylic acids is 1. The van der Waals surface area contributed by atoms with E-state index in [1.807, 2.05) is 30.0 Å². The Balaban J connectivity index is 1.43. The second-order valence-corrected chi connectivity index (χ2v) is 6.95. The van der Waals surface area contributed by atoms with Crippen LogP contribution < -0.4 is 9.64 Å². The number of aryl methyl sites for hydroxylation is 1. The third kappa shape index (κ3) is 3.23. The molecule has 2 heterocycles. The van der Waals surface area contributed by atoms with E-state index >= 15 is 0 Å². The highest BCUT2D eigenvalue weighted by Crippen LogP contribution is 2.38. The normalized spacial score (nSPS) is 17.3. The van der Waals surface area contributed by atoms with E-state index in [4.69, 9.17) is 4.74 Å². The smallest absolute Gasteiger partial charge is 0.257 e. The monoisotopic (exact) mass is 352 g/mol. The molecular formula is C20H24N4O2. The van der Waals surface area contributed by atoms with Crippen LogP contribution in [0, 0.1) is 6.92 Å². The lowest BCUT2D eigenvalue weighted by Crippen LogP contribution is -2.49. The molecule has 0 N–H and O–H groups in total. The van der Waals surface area contributed by atoms with Crippen molar-refractivity contribution < 1.29 is 9.53 Å². The maximum absolute atomic E-state index is 12.9. The third-order valence-electron chi connectivity index (χ3n) is 5.16. The lowest BCUT2D eigenvalue weighted by atomic mass is 10.1. The van der Waals surface area contributed by atoms with Crippen LogP contribution in [0.25, 0.3) is 0 Å². The summed E-state index contributed by atoms with van der Waals surface area (Å²) in [5, 5.41) is 0. The average Bonchev–Trinajstić information content (AvgIpc) is 3.53. The molecule has 1 saturated heterocycles. The molecule has 0 radical (unpaired) electrons. The zero-order valence-corrected chi connectivity index (χ0v) is 15.3. The number of benzene rings is 1. The van der Waals surface area contributed by atoms with Crippen molar-refractivity contribution in [1.82, 2.24) is 14.9 Å². The quantitative estimate of drug-likeness (QED) is 0.847. The van der Waals surface area contributed by atoms with E-state index < -0.39 is 0 Å². The second-order valence-electron chi connectivity index (χ2n) is 6.95. The van der Waals surface area contributed by atoms with E-state index in [0.717, 1.165) is 48.9 Å². The molecule has 6 heteroatoms. The van der Waals surface area contributed by atoms with Gasteiger partial charge in [-0.15, -0.1) is 0 Å². The Labute approximate surface area is 153 Å². The van der Waals surface area contributed by atoms with E-state index in [-0.39, 0.29) is 5.91 Å². The highest BCUT2D eigenvalue weighted by molar-refractivity contribution is 5.95. The van der Waals surface area contributed by atoms with Gasteiger partial charge in [0.15, 0.2) is 0 Å². The minimum atomic E-state index is 0.0320. The van der Waals surface area contributed by atoms with Gasteiger partial charge < -0.3 is 14.5 Å². The van der Waals surface area contributed by atoms with Gasteiger partial charge in [-0.05, 0) is 31.9 Å². The van der Waals surface area contributed by atoms with Gasteiger partial charge in [-0.2, -0.15) is 0 Å². The molecule has 1 aromatic heterocycles. The van der Waals surface area contributed by atoms with E-state index in [0.29, 0.717) is 24.6 Å². The molecule has 26 heavy (non-hydrogen) atoms. The summed E-state index contributed by atoms with van der Waals surface area (Å²) in [5.74, 6) is 2.29. The lowest BCUT2D eigenvalue weighted by molar-refractivity contribution is 0.0745. The van der Waals surface area contributed by atoms with Gasteiger partial charge in [0, 0.05) is 38.3 Å². The molecular weight excluding hydrogens is 328 g/mol. The zero-order chi connectivity index (χ0) is 18.1. The van der Waals surface area contributed by atoms with Crippen molar-refractivity contribution in [2.45, 2.75) is 25.7 Å². The van der Waals surface area contributed by atoms with E-state index in [2.05, 4.69) is 20.9 Å². The summed E-state index contributed by atoms with van der Waals surface area (Å²) in [7, 11) is 1.69. The summed E-state index contributed by atoms with van der Waals surface area (Å²) >= 11 is 0. The van der Waals surface area contributed by atoms with Crippen LogP contribution in [0.5, 0.6) is 5.75 Å². The number of para-hydroxylation sites is 2. The Kier molecular flexibility index (Phi) is 4.49. The Morgan fingerprint density at radius 3 is 2.54 bits per heavy atom. The summed E-state index contributed by atoms with van der Waals surface area (Å²) in [5.41, 5.74) is 2.49. The summed E-state index contributed by atoms with van der Waals surface area (Å²) in [6.45, 7) is 4.84. The summed E-state index contributed by atoms with van der Waals surface area (Å²) < 4.78 is 5.45. The first kappa shape index (κ1) is 16.8. The molecule has 1 amide bonds. The van der Waals surface area contributed by atoms with Crippen LogP contribution in [0.3, 0.4) is 0 Å². The summed E-state index contributed by atoms with van der Waals surface area (Å²) in [6, 6.07) is 8.01. The molecule has 136 valence electrons. The topological polar surface area (TPSA) is 58.6 Å². The van der Waals surface area contributed by atoms with Crippen molar-refractivity contribution in [3.05, 3.63) is 47.5 Å². The minimum absolute atomic E-state index is 0.0320. The van der Waals surface area contributed by atoms with Crippen LogP contribution in [0.4, 0.5) is 5.69 Å². The zero-order valence-electron chi connectivity index (χ0n) is 15.3. The van der Waals surface area contributed by atoms with E-state index in [1.165, 1.54) is 0 Å². The van der Waals surface area contributed by atoms with Gasteiger partial charge in [0.1, 0.15) is 11.6 Å². The van der Waals surface area contributed by atoms with Gasteiger partial charge in [0.25, 0.3) is 5.91 Å². The first-order chi connectivity index (χ1) is 12.7. The fraction of sp³-hybridized carbons (Fsp3) is 0.450. The van der Waals surface area contributed by atoms with Crippen LogP contribution in [0.2, 0.25) is 0 Å². The Morgan fingerprint density at radius 1 is 1.15 bits per heavy atom. The number of aromatic nitrogens is 2. The molecule has 0 atom stereocenters. The second kappa shape index (κ2) is 6.94. The predicted octanol–water partition coefficient (Wildman–Crippen LogP) is 2.63. The molecule has 2 aliphatic rings. The Hall–Kier alpha value is -2.63. The molecule has 1 aliphatic heterocycles. The van der Waals surface area contributed by atoms with Crippen molar-refractivity contribution in [2.24, 2.45) is 0 Å². The van der Waals surface area contributed by atoms with Crippen molar-refractivity contribution in [2.75, 3.05) is 38.2 Å². The Morgan fingerprint density at radius 2 is 1.88 bits per heavy atom. The van der Waals surface area contributed by atoms with E-state index in [9.17, 15) is 4.79 Å². The number of methoxy groups -OCH3 is 1. The fourth-order valence-electron chi connectivity index (χ4n) is 3.45. The Bertz CT molecular complexity index is 811. The van der Waals surface area contributed by atoms with Crippen LogP contribution in [0.1, 0.15) is 40.6 Å². The van der Waals surface area contributed by atoms with Crippen molar-refractivity contribution in [3.8, 4) is 5.75 Å². The van der Waals surface area contributed by atoms with Gasteiger partial charge in [-0.3, -0.25) is 4.79 Å². The first-order valence-electron chi connectivity index (χ1n) is 9.18.